The Morgan fingerprint density at radius 1 is 1.50 bits per heavy atom. The van der Waals surface area contributed by atoms with Gasteiger partial charge < -0.3 is 5.73 Å². The number of hydrogen-bond acceptors (Lipinski definition) is 3. The molecule has 4 nitrogen and oxygen atoms in total. The maximum absolute atomic E-state index is 5.91. The monoisotopic (exact) mass is 250 g/mol. The van der Waals surface area contributed by atoms with E-state index in [1.807, 2.05) is 0 Å². The number of aromatic nitrogens is 2. The number of likely N-dealkylation sites (N-methyl/N-ethyl adjacent to an activating group) is 1. The van der Waals surface area contributed by atoms with Gasteiger partial charge in [0.05, 0.1) is 11.4 Å². The van der Waals surface area contributed by atoms with E-state index in [0.717, 1.165) is 32.0 Å². The van der Waals surface area contributed by atoms with E-state index in [4.69, 9.17) is 5.73 Å². The molecule has 2 N–H and O–H groups in total. The zero-order valence-corrected chi connectivity index (χ0v) is 11.9. The lowest BCUT2D eigenvalue weighted by atomic mass is 10.1. The van der Waals surface area contributed by atoms with Gasteiger partial charge in [-0.15, -0.1) is 0 Å². The zero-order chi connectivity index (χ0) is 13.1. The Morgan fingerprint density at radius 3 is 2.72 bits per heavy atom. The summed E-state index contributed by atoms with van der Waals surface area (Å²) in [7, 11) is 2.19. The van der Waals surface area contributed by atoms with E-state index in [1.54, 1.807) is 0 Å². The molecule has 2 rings (SSSR count). The minimum Gasteiger partial charge on any atom is -0.329 e. The number of aryl methyl sites for hydroxylation is 2. The van der Waals surface area contributed by atoms with Gasteiger partial charge in [0.2, 0.25) is 0 Å². The molecule has 0 amide bonds. The molecule has 1 aromatic rings. The van der Waals surface area contributed by atoms with Gasteiger partial charge in [-0.2, -0.15) is 5.10 Å². The van der Waals surface area contributed by atoms with Crippen molar-refractivity contribution in [2.24, 2.45) is 11.7 Å². The van der Waals surface area contributed by atoms with Gasteiger partial charge >= 0.3 is 0 Å². The van der Waals surface area contributed by atoms with Crippen molar-refractivity contribution < 1.29 is 0 Å². The normalized spacial score (nSPS) is 17.4. The van der Waals surface area contributed by atoms with Gasteiger partial charge in [0.25, 0.3) is 0 Å². The molecule has 1 aliphatic rings. The highest BCUT2D eigenvalue weighted by Gasteiger charge is 2.33. The molecule has 1 unspecified atom stereocenters. The fourth-order valence-corrected chi connectivity index (χ4v) is 2.67. The van der Waals surface area contributed by atoms with Crippen LogP contribution < -0.4 is 5.73 Å². The lowest BCUT2D eigenvalue weighted by Crippen LogP contribution is -2.39. The lowest BCUT2D eigenvalue weighted by Gasteiger charge is -2.27. The van der Waals surface area contributed by atoms with E-state index in [2.05, 4.69) is 41.6 Å². The van der Waals surface area contributed by atoms with Crippen LogP contribution in [0.3, 0.4) is 0 Å². The van der Waals surface area contributed by atoms with Crippen LogP contribution in [0.5, 0.6) is 0 Å². The van der Waals surface area contributed by atoms with Gasteiger partial charge in [-0.25, -0.2) is 0 Å². The largest absolute Gasteiger partial charge is 0.329 e. The second-order valence-electron chi connectivity index (χ2n) is 5.35. The molecule has 0 saturated heterocycles. The molecule has 0 radical (unpaired) electrons. The summed E-state index contributed by atoms with van der Waals surface area (Å²) < 4.78 is 2.12. The van der Waals surface area contributed by atoms with E-state index in [9.17, 15) is 0 Å². The summed E-state index contributed by atoms with van der Waals surface area (Å²) in [5, 5.41) is 4.60. The maximum atomic E-state index is 5.91. The Labute approximate surface area is 110 Å². The first kappa shape index (κ1) is 13.6. The summed E-state index contributed by atoms with van der Waals surface area (Å²) in [5.74, 6) is 0.823. The lowest BCUT2D eigenvalue weighted by molar-refractivity contribution is 0.210. The average Bonchev–Trinajstić information content (AvgIpc) is 3.11. The van der Waals surface area contributed by atoms with Crippen LogP contribution in [0, 0.1) is 5.92 Å². The van der Waals surface area contributed by atoms with Crippen molar-refractivity contribution in [3.8, 4) is 0 Å². The minimum absolute atomic E-state index is 0.537. The highest BCUT2D eigenvalue weighted by Crippen LogP contribution is 2.34. The van der Waals surface area contributed by atoms with Gasteiger partial charge in [0, 0.05) is 25.7 Å². The van der Waals surface area contributed by atoms with Crippen LogP contribution in [0.2, 0.25) is 0 Å². The fraction of sp³-hybridized carbons (Fsp3) is 0.786. The summed E-state index contributed by atoms with van der Waals surface area (Å²) in [4.78, 5) is 2.40. The molecule has 0 bridgehead atoms. The van der Waals surface area contributed by atoms with E-state index < -0.39 is 0 Å². The number of nitrogens with zero attached hydrogens (tertiary/aromatic N) is 3. The predicted octanol–water partition coefficient (Wildman–Crippen LogP) is 1.63. The topological polar surface area (TPSA) is 47.1 Å². The molecule has 4 heteroatoms. The fourth-order valence-electron chi connectivity index (χ4n) is 2.67. The number of rotatable bonds is 7. The van der Waals surface area contributed by atoms with Crippen LogP contribution in [-0.2, 0) is 19.5 Å². The zero-order valence-electron chi connectivity index (χ0n) is 11.9. The molecular formula is C14H26N4. The van der Waals surface area contributed by atoms with Gasteiger partial charge in [-0.3, -0.25) is 9.58 Å². The quantitative estimate of drug-likeness (QED) is 0.800. The highest BCUT2D eigenvalue weighted by atomic mass is 15.3. The Kier molecular flexibility index (Phi) is 4.40. The minimum atomic E-state index is 0.537. The van der Waals surface area contributed by atoms with Crippen LogP contribution in [0.1, 0.15) is 38.1 Å². The summed E-state index contributed by atoms with van der Waals surface area (Å²) in [5.41, 5.74) is 8.41. The number of hydrogen-bond donors (Lipinski definition) is 1. The molecule has 0 spiro atoms. The van der Waals surface area contributed by atoms with Crippen LogP contribution in [-0.4, -0.2) is 34.3 Å². The van der Waals surface area contributed by atoms with Gasteiger partial charge in [-0.1, -0.05) is 6.92 Å². The molecule has 1 atom stereocenters. The third-order valence-electron chi connectivity index (χ3n) is 3.96. The van der Waals surface area contributed by atoms with Gasteiger partial charge in [0.15, 0.2) is 0 Å². The van der Waals surface area contributed by atoms with Crippen molar-refractivity contribution in [1.29, 1.82) is 0 Å². The summed E-state index contributed by atoms with van der Waals surface area (Å²) >= 11 is 0. The van der Waals surface area contributed by atoms with Crippen molar-refractivity contribution in [3.63, 3.8) is 0 Å². The highest BCUT2D eigenvalue weighted by molar-refractivity contribution is 5.10. The molecule has 1 heterocycles. The molecular weight excluding hydrogens is 224 g/mol. The van der Waals surface area contributed by atoms with Crippen LogP contribution >= 0.6 is 0 Å². The van der Waals surface area contributed by atoms with Crippen LogP contribution in [0.4, 0.5) is 0 Å². The van der Waals surface area contributed by atoms with Crippen molar-refractivity contribution in [2.75, 3.05) is 13.6 Å². The van der Waals surface area contributed by atoms with Crippen molar-refractivity contribution in [2.45, 2.75) is 52.2 Å². The summed E-state index contributed by atoms with van der Waals surface area (Å²) in [6.45, 7) is 6.97. The molecule has 1 saturated carbocycles. The van der Waals surface area contributed by atoms with E-state index in [0.29, 0.717) is 6.04 Å². The first-order chi connectivity index (χ1) is 8.69. The Bertz CT molecular complexity index is 381. The molecule has 1 aliphatic carbocycles. The Hall–Kier alpha value is -0.870. The van der Waals surface area contributed by atoms with Crippen LogP contribution in [0.15, 0.2) is 6.07 Å². The summed E-state index contributed by atoms with van der Waals surface area (Å²) in [6, 6.07) is 2.77. The molecule has 102 valence electrons. The van der Waals surface area contributed by atoms with Gasteiger partial charge in [-0.05, 0) is 45.2 Å². The SMILES string of the molecule is CCc1cc(CN(C)C(CN)C2CC2)n(CC)n1. The predicted molar refractivity (Wildman–Crippen MR) is 74.3 cm³/mol. The van der Waals surface area contributed by atoms with Crippen molar-refractivity contribution >= 4 is 0 Å². The Balaban J connectivity index is 2.04. The first-order valence-corrected chi connectivity index (χ1v) is 7.15. The van der Waals surface area contributed by atoms with E-state index >= 15 is 0 Å². The smallest absolute Gasteiger partial charge is 0.0625 e. The third kappa shape index (κ3) is 2.93. The van der Waals surface area contributed by atoms with E-state index in [-0.39, 0.29) is 0 Å². The second kappa shape index (κ2) is 5.85. The molecule has 0 aromatic carbocycles. The number of nitrogens with two attached hydrogens (primary N) is 1. The molecule has 18 heavy (non-hydrogen) atoms. The van der Waals surface area contributed by atoms with Gasteiger partial charge in [0.1, 0.15) is 0 Å². The second-order valence-corrected chi connectivity index (χ2v) is 5.35. The molecule has 1 aromatic heterocycles. The first-order valence-electron chi connectivity index (χ1n) is 7.15. The van der Waals surface area contributed by atoms with E-state index in [1.165, 1.54) is 24.2 Å². The standard InChI is InChI=1S/C14H26N4/c1-4-12-8-13(18(5-2)16-12)10-17(3)14(9-15)11-6-7-11/h8,11,14H,4-7,9-10,15H2,1-3H3. The molecule has 0 aliphatic heterocycles. The van der Waals surface area contributed by atoms with Crippen molar-refractivity contribution in [3.05, 3.63) is 17.5 Å². The summed E-state index contributed by atoms with van der Waals surface area (Å²) in [6.07, 6.45) is 3.70. The maximum Gasteiger partial charge on any atom is 0.0625 e. The van der Waals surface area contributed by atoms with Crippen LogP contribution in [0.25, 0.3) is 0 Å². The molecule has 1 fully saturated rings. The van der Waals surface area contributed by atoms with Crippen molar-refractivity contribution in [1.82, 2.24) is 14.7 Å². The average molecular weight is 250 g/mol. The third-order valence-corrected chi connectivity index (χ3v) is 3.96. The Morgan fingerprint density at radius 2 is 2.22 bits per heavy atom.